The normalized spacial score (nSPS) is 14.9. The molecule has 0 unspecified atom stereocenters. The van der Waals surface area contributed by atoms with Crippen molar-refractivity contribution in [3.05, 3.63) is 93.8 Å². The van der Waals surface area contributed by atoms with Crippen molar-refractivity contribution in [2.45, 2.75) is 12.5 Å². The van der Waals surface area contributed by atoms with E-state index in [2.05, 4.69) is 6.07 Å². The van der Waals surface area contributed by atoms with Gasteiger partial charge in [0.1, 0.15) is 29.7 Å². The molecule has 1 heterocycles. The van der Waals surface area contributed by atoms with E-state index in [4.69, 9.17) is 31.5 Å². The van der Waals surface area contributed by atoms with Gasteiger partial charge in [-0.3, -0.25) is 0 Å². The van der Waals surface area contributed by atoms with Crippen molar-refractivity contribution in [1.82, 2.24) is 0 Å². The first kappa shape index (κ1) is 20.5. The van der Waals surface area contributed by atoms with E-state index < -0.39 is 5.92 Å². The number of halogens is 1. The second kappa shape index (κ2) is 8.50. The molecule has 3 N–H and O–H groups in total. The number of aromatic hydroxyl groups is 1. The summed E-state index contributed by atoms with van der Waals surface area (Å²) in [6.45, 7) is 0.283. The van der Waals surface area contributed by atoms with Crippen LogP contribution >= 0.6 is 11.6 Å². The minimum absolute atomic E-state index is 0.00335. The molecule has 6 nitrogen and oxygen atoms in total. The maximum absolute atomic E-state index is 9.80. The predicted octanol–water partition coefficient (Wildman–Crippen LogP) is 4.85. The molecule has 0 saturated carbocycles. The first-order valence-corrected chi connectivity index (χ1v) is 9.84. The number of fused-ring (bicyclic) bond motifs is 1. The quantitative estimate of drug-likeness (QED) is 0.595. The number of nitriles is 1. The SMILES string of the molecule is COc1cc([C@@H]2C(C#N)=C(N)Oc3cc(O)ccc32)ccc1OCc1ccccc1Cl. The molecule has 3 aromatic carbocycles. The van der Waals surface area contributed by atoms with Crippen molar-refractivity contribution in [1.29, 1.82) is 5.26 Å². The summed E-state index contributed by atoms with van der Waals surface area (Å²) in [4.78, 5) is 0. The van der Waals surface area contributed by atoms with Gasteiger partial charge in [-0.1, -0.05) is 41.9 Å². The van der Waals surface area contributed by atoms with E-state index in [0.717, 1.165) is 16.7 Å². The molecule has 31 heavy (non-hydrogen) atoms. The van der Waals surface area contributed by atoms with Crippen LogP contribution in [0.4, 0.5) is 0 Å². The smallest absolute Gasteiger partial charge is 0.205 e. The number of hydrogen-bond donors (Lipinski definition) is 2. The number of nitrogens with two attached hydrogens (primary N) is 1. The van der Waals surface area contributed by atoms with Crippen molar-refractivity contribution in [3.63, 3.8) is 0 Å². The summed E-state index contributed by atoms with van der Waals surface area (Å²) in [5, 5.41) is 20.1. The van der Waals surface area contributed by atoms with Crippen LogP contribution in [0.1, 0.15) is 22.6 Å². The van der Waals surface area contributed by atoms with Crippen molar-refractivity contribution >= 4 is 11.6 Å². The highest BCUT2D eigenvalue weighted by Crippen LogP contribution is 2.45. The minimum atomic E-state index is -0.471. The monoisotopic (exact) mass is 434 g/mol. The van der Waals surface area contributed by atoms with E-state index in [0.29, 0.717) is 22.3 Å². The Morgan fingerprint density at radius 1 is 1.13 bits per heavy atom. The molecule has 0 fully saturated rings. The van der Waals surface area contributed by atoms with Crippen LogP contribution in [0.3, 0.4) is 0 Å². The average molecular weight is 435 g/mol. The van der Waals surface area contributed by atoms with Gasteiger partial charge in [-0.2, -0.15) is 5.26 Å². The highest BCUT2D eigenvalue weighted by atomic mass is 35.5. The van der Waals surface area contributed by atoms with Crippen LogP contribution in [0.2, 0.25) is 5.02 Å². The summed E-state index contributed by atoms with van der Waals surface area (Å²) >= 11 is 6.21. The third-order valence-electron chi connectivity index (χ3n) is 5.06. The summed E-state index contributed by atoms with van der Waals surface area (Å²) in [7, 11) is 1.55. The van der Waals surface area contributed by atoms with E-state index >= 15 is 0 Å². The molecule has 7 heteroatoms. The maximum atomic E-state index is 9.80. The molecular formula is C24H19ClN2O4. The zero-order valence-electron chi connectivity index (χ0n) is 16.6. The fraction of sp³-hybridized carbons (Fsp3) is 0.125. The van der Waals surface area contributed by atoms with Crippen LogP contribution in [0, 0.1) is 11.3 Å². The van der Waals surface area contributed by atoms with Crippen LogP contribution in [0.25, 0.3) is 0 Å². The Balaban J connectivity index is 1.70. The second-order valence-electron chi connectivity index (χ2n) is 6.94. The third kappa shape index (κ3) is 3.96. The van der Waals surface area contributed by atoms with Crippen LogP contribution in [0.5, 0.6) is 23.0 Å². The van der Waals surface area contributed by atoms with Gasteiger partial charge < -0.3 is 25.1 Å². The molecule has 0 spiro atoms. The molecule has 0 amide bonds. The Morgan fingerprint density at radius 3 is 2.68 bits per heavy atom. The van der Waals surface area contributed by atoms with Crippen LogP contribution in [-0.2, 0) is 6.61 Å². The zero-order chi connectivity index (χ0) is 22.0. The van der Waals surface area contributed by atoms with E-state index in [1.807, 2.05) is 24.3 Å². The number of phenolic OH excluding ortho intramolecular Hbond substituents is 1. The molecule has 1 aliphatic rings. The van der Waals surface area contributed by atoms with E-state index in [9.17, 15) is 10.4 Å². The number of rotatable bonds is 5. The molecule has 0 saturated heterocycles. The number of allylic oxidation sites excluding steroid dienone is 1. The molecule has 1 aliphatic heterocycles. The van der Waals surface area contributed by atoms with Gasteiger partial charge in [0.25, 0.3) is 0 Å². The lowest BCUT2D eigenvalue weighted by atomic mass is 9.83. The Labute approximate surface area is 184 Å². The molecule has 0 bridgehead atoms. The molecule has 0 aromatic heterocycles. The second-order valence-corrected chi connectivity index (χ2v) is 7.34. The molecule has 0 radical (unpaired) electrons. The number of hydrogen-bond acceptors (Lipinski definition) is 6. The van der Waals surface area contributed by atoms with E-state index in [-0.39, 0.29) is 23.8 Å². The van der Waals surface area contributed by atoms with Crippen molar-refractivity contribution in [2.24, 2.45) is 5.73 Å². The number of benzene rings is 3. The number of phenols is 1. The van der Waals surface area contributed by atoms with E-state index in [1.54, 1.807) is 37.4 Å². The summed E-state index contributed by atoms with van der Waals surface area (Å²) in [5.74, 6) is 1.03. The van der Waals surface area contributed by atoms with Gasteiger partial charge >= 0.3 is 0 Å². The number of nitrogens with zero attached hydrogens (tertiary/aromatic N) is 1. The Hall–Kier alpha value is -3.82. The Kier molecular flexibility index (Phi) is 5.61. The van der Waals surface area contributed by atoms with Gasteiger partial charge in [-0.15, -0.1) is 0 Å². The fourth-order valence-corrected chi connectivity index (χ4v) is 3.73. The van der Waals surface area contributed by atoms with Gasteiger partial charge in [0.15, 0.2) is 11.5 Å². The van der Waals surface area contributed by atoms with Crippen molar-refractivity contribution in [2.75, 3.05) is 7.11 Å². The Morgan fingerprint density at radius 2 is 1.94 bits per heavy atom. The lowest BCUT2D eigenvalue weighted by Gasteiger charge is -2.27. The van der Waals surface area contributed by atoms with Crippen LogP contribution in [-0.4, -0.2) is 12.2 Å². The van der Waals surface area contributed by atoms with Gasteiger partial charge in [0, 0.05) is 22.2 Å². The third-order valence-corrected chi connectivity index (χ3v) is 5.43. The zero-order valence-corrected chi connectivity index (χ0v) is 17.4. The first-order valence-electron chi connectivity index (χ1n) is 9.46. The lowest BCUT2D eigenvalue weighted by molar-refractivity contribution is 0.284. The summed E-state index contributed by atoms with van der Waals surface area (Å²) < 4.78 is 17.0. The van der Waals surface area contributed by atoms with Crippen molar-refractivity contribution < 1.29 is 19.3 Å². The molecule has 1 atom stereocenters. The molecule has 3 aromatic rings. The molecule has 4 rings (SSSR count). The van der Waals surface area contributed by atoms with Gasteiger partial charge in [0.2, 0.25) is 5.88 Å². The van der Waals surface area contributed by atoms with Crippen LogP contribution in [0.15, 0.2) is 72.1 Å². The summed E-state index contributed by atoms with van der Waals surface area (Å²) in [6, 6.07) is 19.8. The topological polar surface area (TPSA) is 97.7 Å². The van der Waals surface area contributed by atoms with Crippen molar-refractivity contribution in [3.8, 4) is 29.1 Å². The minimum Gasteiger partial charge on any atom is -0.508 e. The highest BCUT2D eigenvalue weighted by Gasteiger charge is 2.31. The fourth-order valence-electron chi connectivity index (χ4n) is 3.54. The van der Waals surface area contributed by atoms with Gasteiger partial charge in [0.05, 0.1) is 13.0 Å². The number of ether oxygens (including phenoxy) is 3. The maximum Gasteiger partial charge on any atom is 0.205 e. The van der Waals surface area contributed by atoms with E-state index in [1.165, 1.54) is 6.07 Å². The van der Waals surface area contributed by atoms with Gasteiger partial charge in [-0.25, -0.2) is 0 Å². The lowest BCUT2D eigenvalue weighted by Crippen LogP contribution is -2.21. The molecule has 156 valence electrons. The predicted molar refractivity (Wildman–Crippen MR) is 116 cm³/mol. The van der Waals surface area contributed by atoms with Crippen LogP contribution < -0.4 is 19.9 Å². The number of methoxy groups -OCH3 is 1. The largest absolute Gasteiger partial charge is 0.508 e. The molecule has 0 aliphatic carbocycles. The molecular weight excluding hydrogens is 416 g/mol. The van der Waals surface area contributed by atoms with Gasteiger partial charge in [-0.05, 0) is 29.8 Å². The standard InChI is InChI=1S/C24H19ClN2O4/c1-29-22-10-14(6-9-20(22)30-13-15-4-2-3-5-19(15)25)23-17-8-7-16(28)11-21(17)31-24(27)18(23)12-26/h2-11,23,28H,13,27H2,1H3/t23-/m0/s1. The average Bonchev–Trinajstić information content (AvgIpc) is 2.77. The first-order chi connectivity index (χ1) is 15.0. The highest BCUT2D eigenvalue weighted by molar-refractivity contribution is 6.31. The Bertz CT molecular complexity index is 1220. The summed E-state index contributed by atoms with van der Waals surface area (Å²) in [5.41, 5.74) is 8.63. The summed E-state index contributed by atoms with van der Waals surface area (Å²) in [6.07, 6.45) is 0.